The number of hydrogen-bond donors (Lipinski definition) is 3. The Kier molecular flexibility index (Phi) is 4.78. The predicted octanol–water partition coefficient (Wildman–Crippen LogP) is 2.36. The molecule has 0 bridgehead atoms. The van der Waals surface area contributed by atoms with E-state index in [0.717, 1.165) is 24.1 Å². The van der Waals surface area contributed by atoms with Crippen molar-refractivity contribution in [2.75, 3.05) is 12.4 Å². The summed E-state index contributed by atoms with van der Waals surface area (Å²) >= 11 is 0. The highest BCUT2D eigenvalue weighted by atomic mass is 16.5. The lowest BCUT2D eigenvalue weighted by molar-refractivity contribution is 0.0936. The first-order valence-corrected chi connectivity index (χ1v) is 8.82. The molecular weight excluding hydrogens is 358 g/mol. The quantitative estimate of drug-likeness (QED) is 0.596. The Morgan fingerprint density at radius 2 is 2.07 bits per heavy atom. The molecule has 0 radical (unpaired) electrons. The summed E-state index contributed by atoms with van der Waals surface area (Å²) in [5, 5.41) is 19.1. The maximum atomic E-state index is 8.80. The second-order valence-electron chi connectivity index (χ2n) is 6.42. The first-order chi connectivity index (χ1) is 13.7. The maximum Gasteiger partial charge on any atom is 0.158 e. The summed E-state index contributed by atoms with van der Waals surface area (Å²) in [6, 6.07) is 9.44. The average molecular weight is 377 g/mol. The number of aromatic amines is 1. The van der Waals surface area contributed by atoms with Crippen LogP contribution >= 0.6 is 0 Å². The fourth-order valence-corrected chi connectivity index (χ4v) is 2.94. The van der Waals surface area contributed by atoms with Crippen LogP contribution in [-0.2, 0) is 0 Å². The summed E-state index contributed by atoms with van der Waals surface area (Å²) in [6.45, 7) is 0. The van der Waals surface area contributed by atoms with E-state index in [1.165, 1.54) is 12.4 Å². The van der Waals surface area contributed by atoms with Gasteiger partial charge in [-0.1, -0.05) is 6.07 Å². The highest BCUT2D eigenvalue weighted by molar-refractivity contribution is 5.76. The number of hydrogen-bond acceptors (Lipinski definition) is 8. The topological polar surface area (TPSA) is 135 Å². The van der Waals surface area contributed by atoms with Crippen LogP contribution in [0.25, 0.3) is 11.3 Å². The van der Waals surface area contributed by atoms with E-state index in [4.69, 9.17) is 20.5 Å². The Morgan fingerprint density at radius 3 is 2.71 bits per heavy atom. The Bertz CT molecular complexity index is 1010. The minimum Gasteiger partial charge on any atom is -0.496 e. The number of nitrogens with two attached hydrogens (primary N) is 1. The maximum absolute atomic E-state index is 8.80. The molecule has 142 valence electrons. The van der Waals surface area contributed by atoms with Gasteiger partial charge in [-0.2, -0.15) is 10.4 Å². The number of H-pyrrole nitrogens is 1. The van der Waals surface area contributed by atoms with Gasteiger partial charge in [-0.15, -0.1) is 0 Å². The van der Waals surface area contributed by atoms with Crippen molar-refractivity contribution in [3.8, 4) is 28.8 Å². The van der Waals surface area contributed by atoms with E-state index in [0.29, 0.717) is 23.1 Å². The number of aromatic nitrogens is 4. The number of methoxy groups -OCH3 is 1. The predicted molar refractivity (Wildman–Crippen MR) is 102 cm³/mol. The average Bonchev–Trinajstić information content (AvgIpc) is 3.19. The van der Waals surface area contributed by atoms with Gasteiger partial charge in [0.15, 0.2) is 11.5 Å². The van der Waals surface area contributed by atoms with Crippen LogP contribution in [-0.4, -0.2) is 39.4 Å². The van der Waals surface area contributed by atoms with Crippen molar-refractivity contribution in [1.82, 2.24) is 20.2 Å². The van der Waals surface area contributed by atoms with Crippen molar-refractivity contribution < 1.29 is 9.47 Å². The van der Waals surface area contributed by atoms with Crippen LogP contribution in [0, 0.1) is 11.3 Å². The fraction of sp³-hybridized carbons (Fsp3) is 0.263. The molecule has 1 aliphatic carbocycles. The summed E-state index contributed by atoms with van der Waals surface area (Å²) in [5.41, 5.74) is 7.77. The number of anilines is 2. The van der Waals surface area contributed by atoms with Gasteiger partial charge in [0.05, 0.1) is 30.8 Å². The summed E-state index contributed by atoms with van der Waals surface area (Å²) in [7, 11) is 1.61. The van der Waals surface area contributed by atoms with Crippen LogP contribution in [0.15, 0.2) is 36.7 Å². The van der Waals surface area contributed by atoms with Crippen LogP contribution in [0.5, 0.6) is 11.5 Å². The molecule has 0 spiro atoms. The van der Waals surface area contributed by atoms with E-state index < -0.39 is 0 Å². The molecule has 1 saturated carbocycles. The van der Waals surface area contributed by atoms with Gasteiger partial charge in [0.1, 0.15) is 29.5 Å². The van der Waals surface area contributed by atoms with Crippen LogP contribution in [0.3, 0.4) is 0 Å². The minimum absolute atomic E-state index is 0.000274. The molecule has 0 amide bonds. The first kappa shape index (κ1) is 17.8. The zero-order valence-corrected chi connectivity index (χ0v) is 15.2. The lowest BCUT2D eigenvalue weighted by atomic mass is 9.90. The molecule has 4 rings (SSSR count). The third kappa shape index (κ3) is 3.45. The standard InChI is InChI=1S/C19H19N7O2/c1-27-15-3-2-4-16(28-14-6-5-12(14)21)19(15)13-7-17(26-25-13)24-18-10-22-11(8-20)9-23-18/h2-4,7,9-10,12,14H,5-6,21H2,1H3,(H2,23,24,25,26)/t12-,14+/m1/s1. The molecule has 4 N–H and O–H groups in total. The van der Waals surface area contributed by atoms with Crippen LogP contribution in [0.2, 0.25) is 0 Å². The fourth-order valence-electron chi connectivity index (χ4n) is 2.94. The van der Waals surface area contributed by atoms with Crippen LogP contribution < -0.4 is 20.5 Å². The zero-order valence-electron chi connectivity index (χ0n) is 15.2. The smallest absolute Gasteiger partial charge is 0.158 e. The number of ether oxygens (including phenoxy) is 2. The van der Waals surface area contributed by atoms with Crippen molar-refractivity contribution >= 4 is 11.6 Å². The molecule has 9 heteroatoms. The van der Waals surface area contributed by atoms with E-state index >= 15 is 0 Å². The summed E-state index contributed by atoms with van der Waals surface area (Å²) < 4.78 is 11.6. The van der Waals surface area contributed by atoms with Crippen molar-refractivity contribution in [2.24, 2.45) is 5.73 Å². The Morgan fingerprint density at radius 1 is 1.21 bits per heavy atom. The molecule has 28 heavy (non-hydrogen) atoms. The highest BCUT2D eigenvalue weighted by Crippen LogP contribution is 2.40. The molecule has 2 heterocycles. The molecule has 2 atom stereocenters. The Balaban J connectivity index is 1.61. The molecule has 1 aromatic carbocycles. The van der Waals surface area contributed by atoms with Crippen LogP contribution in [0.4, 0.5) is 11.6 Å². The molecule has 0 saturated heterocycles. The van der Waals surface area contributed by atoms with Gasteiger partial charge in [-0.25, -0.2) is 9.97 Å². The second-order valence-corrected chi connectivity index (χ2v) is 6.42. The number of nitrogens with zero attached hydrogens (tertiary/aromatic N) is 4. The van der Waals surface area contributed by atoms with Crippen molar-refractivity contribution in [2.45, 2.75) is 25.0 Å². The number of rotatable bonds is 6. The van der Waals surface area contributed by atoms with Crippen molar-refractivity contribution in [3.63, 3.8) is 0 Å². The molecule has 0 aliphatic heterocycles. The van der Waals surface area contributed by atoms with Gasteiger partial charge in [0, 0.05) is 12.1 Å². The third-order valence-corrected chi connectivity index (χ3v) is 4.62. The van der Waals surface area contributed by atoms with E-state index in [1.807, 2.05) is 30.3 Å². The number of nitriles is 1. The number of benzene rings is 1. The summed E-state index contributed by atoms with van der Waals surface area (Å²) in [4.78, 5) is 8.11. The normalized spacial score (nSPS) is 18.0. The third-order valence-electron chi connectivity index (χ3n) is 4.62. The zero-order chi connectivity index (χ0) is 19.5. The van der Waals surface area contributed by atoms with Gasteiger partial charge >= 0.3 is 0 Å². The van der Waals surface area contributed by atoms with E-state index in [-0.39, 0.29) is 17.8 Å². The van der Waals surface area contributed by atoms with Gasteiger partial charge < -0.3 is 20.5 Å². The van der Waals surface area contributed by atoms with Gasteiger partial charge in [0.2, 0.25) is 0 Å². The van der Waals surface area contributed by atoms with Crippen molar-refractivity contribution in [1.29, 1.82) is 5.26 Å². The molecule has 0 unspecified atom stereocenters. The monoisotopic (exact) mass is 377 g/mol. The lowest BCUT2D eigenvalue weighted by Crippen LogP contribution is -2.47. The number of nitrogens with one attached hydrogen (secondary N) is 2. The van der Waals surface area contributed by atoms with Gasteiger partial charge in [-0.05, 0) is 25.0 Å². The molecule has 2 aromatic heterocycles. The first-order valence-electron chi connectivity index (χ1n) is 8.82. The highest BCUT2D eigenvalue weighted by Gasteiger charge is 2.30. The van der Waals surface area contributed by atoms with Crippen LogP contribution in [0.1, 0.15) is 18.5 Å². The van der Waals surface area contributed by atoms with E-state index in [1.54, 1.807) is 7.11 Å². The van der Waals surface area contributed by atoms with Crippen molar-refractivity contribution in [3.05, 3.63) is 42.4 Å². The summed E-state index contributed by atoms with van der Waals surface area (Å²) in [5.74, 6) is 2.38. The molecule has 9 nitrogen and oxygen atoms in total. The molecule has 1 fully saturated rings. The minimum atomic E-state index is 0.000274. The molecule has 1 aliphatic rings. The van der Waals surface area contributed by atoms with Gasteiger partial charge in [0.25, 0.3) is 0 Å². The second kappa shape index (κ2) is 7.54. The SMILES string of the molecule is COc1cccc(O[C@H]2CC[C@H]2N)c1-c1cc(Nc2cnc(C#N)cn2)n[nH]1. The largest absolute Gasteiger partial charge is 0.496 e. The molecular formula is C19H19N7O2. The Labute approximate surface area is 161 Å². The molecule has 3 aromatic rings. The van der Waals surface area contributed by atoms with E-state index in [2.05, 4.69) is 25.5 Å². The Hall–Kier alpha value is -3.64. The lowest BCUT2D eigenvalue weighted by Gasteiger charge is -2.34. The summed E-state index contributed by atoms with van der Waals surface area (Å²) in [6.07, 6.45) is 4.77. The van der Waals surface area contributed by atoms with Gasteiger partial charge in [-0.3, -0.25) is 5.10 Å². The van der Waals surface area contributed by atoms with E-state index in [9.17, 15) is 0 Å².